The van der Waals surface area contributed by atoms with Crippen molar-refractivity contribution in [2.75, 3.05) is 52.6 Å². The highest BCUT2D eigenvalue weighted by Gasteiger charge is 2.38. The van der Waals surface area contributed by atoms with Crippen molar-refractivity contribution in [1.29, 1.82) is 0 Å². The van der Waals surface area contributed by atoms with E-state index in [4.69, 9.17) is 0 Å². The molecule has 0 saturated carbocycles. The van der Waals surface area contributed by atoms with Gasteiger partial charge in [-0.2, -0.15) is 0 Å². The Balaban J connectivity index is 2.09. The van der Waals surface area contributed by atoms with E-state index >= 15 is 0 Å². The maximum atomic E-state index is 13.6. The van der Waals surface area contributed by atoms with Gasteiger partial charge in [-0.15, -0.1) is 11.3 Å². The van der Waals surface area contributed by atoms with Gasteiger partial charge < -0.3 is 30.2 Å². The van der Waals surface area contributed by atoms with E-state index in [2.05, 4.69) is 0 Å². The predicted molar refractivity (Wildman–Crippen MR) is 139 cm³/mol. The molecule has 0 bridgehead atoms. The van der Waals surface area contributed by atoms with Crippen molar-refractivity contribution in [3.05, 3.63) is 58.3 Å². The first kappa shape index (κ1) is 27.7. The van der Waals surface area contributed by atoms with E-state index in [9.17, 15) is 34.8 Å². The molecule has 1 heterocycles. The molecular formula is C26H32N2O7S. The van der Waals surface area contributed by atoms with E-state index in [1.165, 1.54) is 21.1 Å². The van der Waals surface area contributed by atoms with E-state index in [-0.39, 0.29) is 58.0 Å². The molecule has 194 valence electrons. The first-order valence-corrected chi connectivity index (χ1v) is 12.7. The van der Waals surface area contributed by atoms with Gasteiger partial charge in [-0.3, -0.25) is 14.4 Å². The van der Waals surface area contributed by atoms with Gasteiger partial charge in [0.15, 0.2) is 5.43 Å². The lowest BCUT2D eigenvalue weighted by molar-refractivity contribution is -0.149. The molecule has 0 fully saturated rings. The molecule has 0 aliphatic carbocycles. The van der Waals surface area contributed by atoms with Crippen LogP contribution in [0.15, 0.2) is 47.3 Å². The summed E-state index contributed by atoms with van der Waals surface area (Å²) < 4.78 is 1.56. The molecule has 0 spiro atoms. The fraction of sp³-hybridized carbons (Fsp3) is 0.423. The molecule has 0 aliphatic rings. The van der Waals surface area contributed by atoms with Crippen LogP contribution < -0.4 is 5.43 Å². The Kier molecular flexibility index (Phi) is 9.91. The van der Waals surface area contributed by atoms with Gasteiger partial charge in [0.05, 0.1) is 26.4 Å². The molecule has 0 radical (unpaired) electrons. The van der Waals surface area contributed by atoms with Crippen LogP contribution in [0.4, 0.5) is 0 Å². The second-order valence-corrected chi connectivity index (χ2v) is 9.58. The van der Waals surface area contributed by atoms with Crippen LogP contribution in [0.3, 0.4) is 0 Å². The number of aliphatic hydroxyl groups is 4. The molecular weight excluding hydrogens is 484 g/mol. The summed E-state index contributed by atoms with van der Waals surface area (Å²) in [5.74, 6) is -3.00. The average molecular weight is 517 g/mol. The Morgan fingerprint density at radius 2 is 1.28 bits per heavy atom. The third kappa shape index (κ3) is 5.91. The molecule has 4 N–H and O–H groups in total. The lowest BCUT2D eigenvalue weighted by Crippen LogP contribution is -2.50. The second kappa shape index (κ2) is 12.9. The quantitative estimate of drug-likeness (QED) is 0.206. The number of carbonyl (C=O) groups is 2. The van der Waals surface area contributed by atoms with Gasteiger partial charge in [0.1, 0.15) is 5.92 Å². The van der Waals surface area contributed by atoms with Crippen LogP contribution in [0.5, 0.6) is 0 Å². The van der Waals surface area contributed by atoms with Crippen molar-refractivity contribution in [3.63, 3.8) is 0 Å². The maximum Gasteiger partial charge on any atom is 0.235 e. The molecule has 1 unspecified atom stereocenters. The molecule has 1 aromatic heterocycles. The number of amides is 2. The zero-order chi connectivity index (χ0) is 26.2. The van der Waals surface area contributed by atoms with Crippen molar-refractivity contribution in [1.82, 2.24) is 9.80 Å². The van der Waals surface area contributed by atoms with E-state index in [1.807, 2.05) is 24.3 Å². The second-order valence-electron chi connectivity index (χ2n) is 8.49. The van der Waals surface area contributed by atoms with Crippen LogP contribution in [0.1, 0.15) is 18.4 Å². The van der Waals surface area contributed by atoms with E-state index < -0.39 is 23.7 Å². The van der Waals surface area contributed by atoms with Crippen molar-refractivity contribution < 1.29 is 30.0 Å². The minimum atomic E-state index is -1.23. The number of benzene rings is 2. The van der Waals surface area contributed by atoms with E-state index in [0.717, 1.165) is 9.40 Å². The topological polar surface area (TPSA) is 139 Å². The monoisotopic (exact) mass is 516 g/mol. The summed E-state index contributed by atoms with van der Waals surface area (Å²) in [6, 6.07) is 12.6. The van der Waals surface area contributed by atoms with Crippen molar-refractivity contribution >= 4 is 43.3 Å². The van der Waals surface area contributed by atoms with Crippen LogP contribution in [-0.4, -0.2) is 94.6 Å². The molecule has 0 saturated heterocycles. The summed E-state index contributed by atoms with van der Waals surface area (Å²) in [7, 11) is 0. The molecule has 2 amide bonds. The largest absolute Gasteiger partial charge is 0.395 e. The van der Waals surface area contributed by atoms with Gasteiger partial charge in [-0.1, -0.05) is 25.1 Å². The zero-order valence-corrected chi connectivity index (χ0v) is 21.0. The number of nitrogens with zero attached hydrogens (tertiary/aromatic N) is 2. The highest BCUT2D eigenvalue weighted by Crippen LogP contribution is 2.32. The van der Waals surface area contributed by atoms with Crippen LogP contribution >= 0.6 is 11.3 Å². The third-order valence-electron chi connectivity index (χ3n) is 6.26. The number of carbonyl (C=O) groups excluding carboxylic acids is 2. The Hall–Kier alpha value is -2.89. The van der Waals surface area contributed by atoms with Crippen molar-refractivity contribution in [2.45, 2.75) is 12.8 Å². The van der Waals surface area contributed by atoms with Gasteiger partial charge in [-0.25, -0.2) is 0 Å². The fourth-order valence-corrected chi connectivity index (χ4v) is 5.49. The van der Waals surface area contributed by atoms with Crippen LogP contribution in [0.25, 0.3) is 20.2 Å². The summed E-state index contributed by atoms with van der Waals surface area (Å²) >= 11 is 1.45. The van der Waals surface area contributed by atoms with Gasteiger partial charge in [-0.05, 0) is 29.8 Å². The number of aliphatic hydroxyl groups excluding tert-OH is 4. The number of hydrogen-bond donors (Lipinski definition) is 4. The SMILES string of the molecule is CC(c1ccc2c(=O)c3ccccc3sc2c1)C(C(=O)N(CCO)CCO)C(=O)N(CCO)CCO. The highest BCUT2D eigenvalue weighted by atomic mass is 32.1. The molecule has 1 atom stereocenters. The maximum absolute atomic E-state index is 13.6. The third-order valence-corrected chi connectivity index (χ3v) is 7.40. The van der Waals surface area contributed by atoms with Crippen LogP contribution in [0.2, 0.25) is 0 Å². The summed E-state index contributed by atoms with van der Waals surface area (Å²) in [5, 5.41) is 38.9. The highest BCUT2D eigenvalue weighted by molar-refractivity contribution is 7.24. The minimum Gasteiger partial charge on any atom is -0.395 e. The number of hydrogen-bond acceptors (Lipinski definition) is 8. The Morgan fingerprint density at radius 1 is 0.778 bits per heavy atom. The van der Waals surface area contributed by atoms with Crippen LogP contribution in [0, 0.1) is 5.92 Å². The van der Waals surface area contributed by atoms with Crippen molar-refractivity contribution in [3.8, 4) is 0 Å². The van der Waals surface area contributed by atoms with E-state index in [0.29, 0.717) is 16.3 Å². The Labute approximate surface area is 212 Å². The van der Waals surface area contributed by atoms with Gasteiger partial charge in [0.2, 0.25) is 11.8 Å². The normalized spacial score (nSPS) is 12.3. The first-order chi connectivity index (χ1) is 17.4. The summed E-state index contributed by atoms with van der Waals surface area (Å²) in [4.78, 5) is 42.6. The first-order valence-electron chi connectivity index (χ1n) is 11.8. The molecule has 0 aliphatic heterocycles. The number of rotatable bonds is 12. The van der Waals surface area contributed by atoms with Gasteiger partial charge >= 0.3 is 0 Å². The molecule has 3 rings (SSSR count). The van der Waals surface area contributed by atoms with Crippen LogP contribution in [-0.2, 0) is 9.59 Å². The molecule has 9 nitrogen and oxygen atoms in total. The van der Waals surface area contributed by atoms with E-state index in [1.54, 1.807) is 25.1 Å². The smallest absolute Gasteiger partial charge is 0.235 e. The Bertz CT molecular complexity index is 1220. The molecule has 10 heteroatoms. The summed E-state index contributed by atoms with van der Waals surface area (Å²) in [6.07, 6.45) is 0. The average Bonchev–Trinajstić information content (AvgIpc) is 2.88. The molecule has 2 aromatic carbocycles. The summed E-state index contributed by atoms with van der Waals surface area (Å²) in [6.45, 7) is 0.163. The standard InChI is InChI=1S/C26H32N2O7S/c1-17(18-6-7-20-22(16-18)36-21-5-3-2-4-19(21)24(20)33)23(25(34)27(8-12-29)9-13-30)26(35)28(10-14-31)11-15-32/h2-7,16-17,23,29-32H,8-15H2,1H3. The van der Waals surface area contributed by atoms with Gasteiger partial charge in [0.25, 0.3) is 0 Å². The van der Waals surface area contributed by atoms with Crippen molar-refractivity contribution in [2.24, 2.45) is 5.92 Å². The van der Waals surface area contributed by atoms with Gasteiger partial charge in [0, 0.05) is 52.3 Å². The lowest BCUT2D eigenvalue weighted by atomic mass is 9.85. The Morgan fingerprint density at radius 3 is 1.81 bits per heavy atom. The summed E-state index contributed by atoms with van der Waals surface area (Å²) in [5.41, 5.74) is 0.581. The predicted octanol–water partition coefficient (Wildman–Crippen LogP) is 0.761. The lowest BCUT2D eigenvalue weighted by Gasteiger charge is -2.33. The molecule has 36 heavy (non-hydrogen) atoms. The number of fused-ring (bicyclic) bond motifs is 2. The minimum absolute atomic E-state index is 0.0543. The zero-order valence-electron chi connectivity index (χ0n) is 20.2. The molecule has 3 aromatic rings. The fourth-order valence-electron chi connectivity index (χ4n) is 4.37.